The Morgan fingerprint density at radius 1 is 1.50 bits per heavy atom. The zero-order valence-corrected chi connectivity index (χ0v) is 9.14. The fourth-order valence-corrected chi connectivity index (χ4v) is 1.19. The number of carbonyl (C=O) groups is 1. The Labute approximate surface area is 93.3 Å². The van der Waals surface area contributed by atoms with Crippen molar-refractivity contribution in [2.45, 2.75) is 13.0 Å². The highest BCUT2D eigenvalue weighted by atomic mass is 16.2. The summed E-state index contributed by atoms with van der Waals surface area (Å²) in [7, 11) is 3.34. The van der Waals surface area contributed by atoms with E-state index in [9.17, 15) is 4.79 Å². The normalized spacial score (nSPS) is 9.25. The summed E-state index contributed by atoms with van der Waals surface area (Å²) in [6, 6.07) is 3.73. The molecule has 0 spiro atoms. The van der Waals surface area contributed by atoms with Crippen LogP contribution in [-0.2, 0) is 11.3 Å². The Morgan fingerprint density at radius 2 is 2.19 bits per heavy atom. The van der Waals surface area contributed by atoms with Crippen LogP contribution in [0.3, 0.4) is 0 Å². The molecule has 16 heavy (non-hydrogen) atoms. The lowest BCUT2D eigenvalue weighted by Gasteiger charge is -2.10. The predicted molar refractivity (Wildman–Crippen MR) is 55.0 cm³/mol. The highest BCUT2D eigenvalue weighted by molar-refractivity contribution is 5.75. The van der Waals surface area contributed by atoms with Gasteiger partial charge in [-0.25, -0.2) is 4.98 Å². The van der Waals surface area contributed by atoms with Crippen LogP contribution in [0.5, 0.6) is 0 Å². The fourth-order valence-electron chi connectivity index (χ4n) is 1.19. The van der Waals surface area contributed by atoms with Gasteiger partial charge < -0.3 is 9.47 Å². The monoisotopic (exact) mass is 217 g/mol. The number of hydrogen-bond donors (Lipinski definition) is 0. The van der Waals surface area contributed by atoms with Gasteiger partial charge in [-0.3, -0.25) is 4.79 Å². The number of nitrogens with zero attached hydrogens (tertiary/aromatic N) is 5. The minimum absolute atomic E-state index is 0.0314. The van der Waals surface area contributed by atoms with Crippen molar-refractivity contribution >= 4 is 5.91 Å². The van der Waals surface area contributed by atoms with Crippen LogP contribution in [0.2, 0.25) is 0 Å². The Bertz CT molecular complexity index is 474. The highest BCUT2D eigenvalue weighted by Crippen LogP contribution is 2.06. The van der Waals surface area contributed by atoms with Gasteiger partial charge in [-0.15, -0.1) is 0 Å². The van der Waals surface area contributed by atoms with Gasteiger partial charge in [0.2, 0.25) is 5.91 Å². The molecule has 1 rings (SSSR count). The van der Waals surface area contributed by atoms with Gasteiger partial charge in [0.05, 0.1) is 6.33 Å². The lowest BCUT2D eigenvalue weighted by molar-refractivity contribution is -0.128. The number of aryl methyl sites for hydroxylation is 1. The molecule has 0 unspecified atom stereocenters. The molecule has 0 saturated carbocycles. The molecule has 0 aromatic carbocycles. The van der Waals surface area contributed by atoms with E-state index in [-0.39, 0.29) is 23.7 Å². The summed E-state index contributed by atoms with van der Waals surface area (Å²) in [5, 5.41) is 17.5. The molecule has 1 aromatic rings. The largest absolute Gasteiger partial charge is 0.349 e. The van der Waals surface area contributed by atoms with E-state index in [2.05, 4.69) is 4.98 Å². The SMILES string of the molecule is CN(C)C(=O)CCn1cnc(C#N)c1C#N. The van der Waals surface area contributed by atoms with Gasteiger partial charge in [-0.1, -0.05) is 0 Å². The van der Waals surface area contributed by atoms with Crippen LogP contribution in [-0.4, -0.2) is 34.5 Å². The summed E-state index contributed by atoms with van der Waals surface area (Å²) in [4.78, 5) is 16.6. The molecule has 0 radical (unpaired) electrons. The van der Waals surface area contributed by atoms with E-state index in [0.717, 1.165) is 0 Å². The van der Waals surface area contributed by atoms with Crippen LogP contribution in [0.1, 0.15) is 17.8 Å². The molecule has 0 aliphatic heterocycles. The van der Waals surface area contributed by atoms with Gasteiger partial charge in [0.15, 0.2) is 11.4 Å². The maximum atomic E-state index is 11.3. The maximum Gasteiger partial charge on any atom is 0.223 e. The molecule has 0 aliphatic carbocycles. The van der Waals surface area contributed by atoms with Crippen molar-refractivity contribution in [1.29, 1.82) is 10.5 Å². The van der Waals surface area contributed by atoms with Gasteiger partial charge in [-0.05, 0) is 0 Å². The van der Waals surface area contributed by atoms with Crippen molar-refractivity contribution in [1.82, 2.24) is 14.5 Å². The molecule has 0 N–H and O–H groups in total. The maximum absolute atomic E-state index is 11.3. The average molecular weight is 217 g/mol. The lowest BCUT2D eigenvalue weighted by Crippen LogP contribution is -2.23. The van der Waals surface area contributed by atoms with Crippen LogP contribution in [0.25, 0.3) is 0 Å². The Balaban J connectivity index is 2.77. The van der Waals surface area contributed by atoms with Gasteiger partial charge in [-0.2, -0.15) is 10.5 Å². The van der Waals surface area contributed by atoms with Crippen LogP contribution in [0.15, 0.2) is 6.33 Å². The summed E-state index contributed by atoms with van der Waals surface area (Å²) in [6.45, 7) is 0.356. The molecule has 0 saturated heterocycles. The molecule has 1 amide bonds. The van der Waals surface area contributed by atoms with Gasteiger partial charge in [0.1, 0.15) is 12.1 Å². The Kier molecular flexibility index (Phi) is 3.62. The Morgan fingerprint density at radius 3 is 2.69 bits per heavy atom. The minimum Gasteiger partial charge on any atom is -0.349 e. The van der Waals surface area contributed by atoms with Crippen LogP contribution in [0.4, 0.5) is 0 Å². The zero-order chi connectivity index (χ0) is 12.1. The van der Waals surface area contributed by atoms with Gasteiger partial charge in [0.25, 0.3) is 0 Å². The van der Waals surface area contributed by atoms with E-state index in [1.165, 1.54) is 15.8 Å². The van der Waals surface area contributed by atoms with Crippen LogP contribution in [0, 0.1) is 22.7 Å². The number of nitriles is 2. The van der Waals surface area contributed by atoms with Crippen molar-refractivity contribution in [2.24, 2.45) is 0 Å². The third-order valence-electron chi connectivity index (χ3n) is 2.11. The second-order valence-corrected chi connectivity index (χ2v) is 3.40. The first-order chi connectivity index (χ1) is 7.60. The topological polar surface area (TPSA) is 85.7 Å². The first kappa shape index (κ1) is 11.7. The third kappa shape index (κ3) is 2.37. The van der Waals surface area contributed by atoms with E-state index in [1.54, 1.807) is 14.1 Å². The first-order valence-corrected chi connectivity index (χ1v) is 4.65. The molecule has 0 fully saturated rings. The summed E-state index contributed by atoms with van der Waals surface area (Å²) in [5.41, 5.74) is 0.300. The highest BCUT2D eigenvalue weighted by Gasteiger charge is 2.11. The van der Waals surface area contributed by atoms with Crippen LogP contribution >= 0.6 is 0 Å². The second-order valence-electron chi connectivity index (χ2n) is 3.40. The third-order valence-corrected chi connectivity index (χ3v) is 2.11. The first-order valence-electron chi connectivity index (χ1n) is 4.65. The summed E-state index contributed by atoms with van der Waals surface area (Å²) < 4.78 is 1.51. The average Bonchev–Trinajstić information content (AvgIpc) is 2.67. The molecular formula is C10H11N5O. The predicted octanol–water partition coefficient (Wildman–Crippen LogP) is 0.105. The molecule has 82 valence electrons. The van der Waals surface area contributed by atoms with Crippen molar-refractivity contribution in [3.8, 4) is 12.1 Å². The quantitative estimate of drug-likeness (QED) is 0.718. The molecule has 0 atom stereocenters. The fraction of sp³-hybridized carbons (Fsp3) is 0.400. The smallest absolute Gasteiger partial charge is 0.223 e. The zero-order valence-electron chi connectivity index (χ0n) is 9.14. The summed E-state index contributed by atoms with van der Waals surface area (Å²) in [6.07, 6.45) is 1.68. The van der Waals surface area contributed by atoms with Crippen LogP contribution < -0.4 is 0 Å². The number of amides is 1. The minimum atomic E-state index is -0.0314. The molecule has 1 heterocycles. The number of carbonyl (C=O) groups excluding carboxylic acids is 1. The van der Waals surface area contributed by atoms with E-state index in [0.29, 0.717) is 6.54 Å². The van der Waals surface area contributed by atoms with E-state index >= 15 is 0 Å². The van der Waals surface area contributed by atoms with Crippen molar-refractivity contribution in [2.75, 3.05) is 14.1 Å². The Hall–Kier alpha value is -2.34. The number of aromatic nitrogens is 2. The van der Waals surface area contributed by atoms with Crippen molar-refractivity contribution in [3.05, 3.63) is 17.7 Å². The van der Waals surface area contributed by atoms with Gasteiger partial charge in [0, 0.05) is 27.1 Å². The van der Waals surface area contributed by atoms with Gasteiger partial charge >= 0.3 is 0 Å². The number of imidazole rings is 1. The van der Waals surface area contributed by atoms with Crippen molar-refractivity contribution in [3.63, 3.8) is 0 Å². The molecule has 0 bridgehead atoms. The summed E-state index contributed by atoms with van der Waals surface area (Å²) >= 11 is 0. The van der Waals surface area contributed by atoms with E-state index in [4.69, 9.17) is 10.5 Å². The number of hydrogen-bond acceptors (Lipinski definition) is 4. The van der Waals surface area contributed by atoms with Crippen molar-refractivity contribution < 1.29 is 4.79 Å². The standard InChI is InChI=1S/C10H11N5O/c1-14(2)10(16)3-4-15-7-13-8(5-11)9(15)6-12/h7H,3-4H2,1-2H3. The lowest BCUT2D eigenvalue weighted by atomic mass is 10.3. The number of rotatable bonds is 3. The summed E-state index contributed by atoms with van der Waals surface area (Å²) in [5.74, 6) is -0.0314. The molecule has 6 nitrogen and oxygen atoms in total. The molecular weight excluding hydrogens is 206 g/mol. The van der Waals surface area contributed by atoms with E-state index in [1.807, 2.05) is 12.1 Å². The molecule has 1 aromatic heterocycles. The second kappa shape index (κ2) is 4.94. The molecule has 6 heteroatoms. The molecule has 0 aliphatic rings. The van der Waals surface area contributed by atoms with E-state index < -0.39 is 0 Å².